The van der Waals surface area contributed by atoms with Crippen LogP contribution < -0.4 is 10.6 Å². The van der Waals surface area contributed by atoms with Crippen molar-refractivity contribution in [3.8, 4) is 0 Å². The van der Waals surface area contributed by atoms with Crippen molar-refractivity contribution in [1.29, 1.82) is 0 Å². The van der Waals surface area contributed by atoms with E-state index in [1.807, 2.05) is 25.1 Å². The van der Waals surface area contributed by atoms with Crippen LogP contribution in [0.2, 0.25) is 0 Å². The van der Waals surface area contributed by atoms with Crippen LogP contribution in [0, 0.1) is 12.7 Å². The fourth-order valence-electron chi connectivity index (χ4n) is 2.07. The van der Waals surface area contributed by atoms with E-state index < -0.39 is 11.8 Å². The molecule has 0 fully saturated rings. The van der Waals surface area contributed by atoms with Crippen molar-refractivity contribution in [3.63, 3.8) is 0 Å². The molecule has 0 atom stereocenters. The average molecular weight is 289 g/mol. The second-order valence-corrected chi connectivity index (χ2v) is 4.82. The summed E-state index contributed by atoms with van der Waals surface area (Å²) < 4.78 is 14.0. The number of hydrogen-bond acceptors (Lipinski definition) is 4. The second kappa shape index (κ2) is 5.78. The quantitative estimate of drug-likeness (QED) is 0.845. The highest BCUT2D eigenvalue weighted by atomic mass is 19.1. The maximum absolute atomic E-state index is 14.0. The van der Waals surface area contributed by atoms with Crippen molar-refractivity contribution >= 4 is 17.3 Å². The number of halogens is 1. The third kappa shape index (κ3) is 3.28. The molecule has 5 nitrogen and oxygen atoms in total. The predicted octanol–water partition coefficient (Wildman–Crippen LogP) is 2.45. The zero-order valence-corrected chi connectivity index (χ0v) is 11.8. The summed E-state index contributed by atoms with van der Waals surface area (Å²) in [6.07, 6.45) is 0. The number of benzene rings is 1. The molecule has 0 bridgehead atoms. The Morgan fingerprint density at radius 1 is 1.43 bits per heavy atom. The molecule has 0 spiro atoms. The molecule has 1 aromatic heterocycles. The van der Waals surface area contributed by atoms with Crippen molar-refractivity contribution in [1.82, 2.24) is 4.98 Å². The van der Waals surface area contributed by atoms with Gasteiger partial charge in [0.15, 0.2) is 0 Å². The van der Waals surface area contributed by atoms with E-state index in [9.17, 15) is 9.18 Å². The Labute approximate surface area is 121 Å². The van der Waals surface area contributed by atoms with Crippen LogP contribution in [0.3, 0.4) is 0 Å². The van der Waals surface area contributed by atoms with Crippen LogP contribution >= 0.6 is 0 Å². The Bertz CT molecular complexity index is 689. The van der Waals surface area contributed by atoms with Crippen molar-refractivity contribution in [3.05, 3.63) is 53.1 Å². The van der Waals surface area contributed by atoms with Gasteiger partial charge in [-0.1, -0.05) is 6.07 Å². The summed E-state index contributed by atoms with van der Waals surface area (Å²) in [4.78, 5) is 17.0. The molecule has 0 aliphatic heterocycles. The molecule has 0 amide bonds. The lowest BCUT2D eigenvalue weighted by Gasteiger charge is -2.20. The van der Waals surface area contributed by atoms with Crippen molar-refractivity contribution in [2.75, 3.05) is 17.7 Å². The van der Waals surface area contributed by atoms with Crippen molar-refractivity contribution in [2.45, 2.75) is 13.5 Å². The van der Waals surface area contributed by atoms with E-state index in [1.165, 1.54) is 6.07 Å². The number of anilines is 2. The molecular formula is C15H16FN3O2. The van der Waals surface area contributed by atoms with E-state index in [0.717, 1.165) is 17.5 Å². The summed E-state index contributed by atoms with van der Waals surface area (Å²) in [6, 6.07) is 7.84. The molecule has 2 aromatic rings. The lowest BCUT2D eigenvalue weighted by Crippen LogP contribution is -2.19. The number of rotatable bonds is 4. The smallest absolute Gasteiger partial charge is 0.337 e. The minimum absolute atomic E-state index is 0.0918. The summed E-state index contributed by atoms with van der Waals surface area (Å²) in [6.45, 7) is 2.23. The second-order valence-electron chi connectivity index (χ2n) is 4.82. The van der Waals surface area contributed by atoms with Gasteiger partial charge in [0.1, 0.15) is 5.82 Å². The normalized spacial score (nSPS) is 10.4. The number of pyridine rings is 1. The first-order valence-corrected chi connectivity index (χ1v) is 6.34. The molecule has 3 N–H and O–H groups in total. The fourth-order valence-corrected chi connectivity index (χ4v) is 2.07. The molecule has 0 unspecified atom stereocenters. The zero-order valence-electron chi connectivity index (χ0n) is 11.8. The highest BCUT2D eigenvalue weighted by molar-refractivity contribution is 5.95. The van der Waals surface area contributed by atoms with Crippen LogP contribution in [0.5, 0.6) is 0 Å². The topological polar surface area (TPSA) is 79.5 Å². The Kier molecular flexibility index (Phi) is 4.07. The van der Waals surface area contributed by atoms with E-state index in [-0.39, 0.29) is 16.9 Å². The zero-order chi connectivity index (χ0) is 15.6. The number of nitrogens with two attached hydrogens (primary N) is 1. The minimum Gasteiger partial charge on any atom is -0.478 e. The summed E-state index contributed by atoms with van der Waals surface area (Å²) in [5.74, 6) is -1.75. The molecule has 0 saturated carbocycles. The number of aryl methyl sites for hydroxylation is 1. The summed E-state index contributed by atoms with van der Waals surface area (Å²) in [5, 5.41) is 9.06. The van der Waals surface area contributed by atoms with Gasteiger partial charge in [-0.2, -0.15) is 0 Å². The molecule has 0 radical (unpaired) electrons. The molecule has 1 heterocycles. The Hall–Kier alpha value is -2.63. The first-order chi connectivity index (χ1) is 9.88. The SMILES string of the molecule is Cc1cccc(CN(C)c2cc(C(=O)O)c(N)cc2F)n1. The molecule has 2 rings (SSSR count). The van der Waals surface area contributed by atoms with Crippen LogP contribution in [0.4, 0.5) is 15.8 Å². The molecule has 21 heavy (non-hydrogen) atoms. The van der Waals surface area contributed by atoms with E-state index in [1.54, 1.807) is 11.9 Å². The van der Waals surface area contributed by atoms with Gasteiger partial charge in [-0.15, -0.1) is 0 Å². The highest BCUT2D eigenvalue weighted by Crippen LogP contribution is 2.25. The first kappa shape index (κ1) is 14.8. The van der Waals surface area contributed by atoms with Crippen LogP contribution in [0.15, 0.2) is 30.3 Å². The van der Waals surface area contributed by atoms with Gasteiger partial charge in [0.2, 0.25) is 0 Å². The number of hydrogen-bond donors (Lipinski definition) is 2. The molecule has 0 saturated heterocycles. The van der Waals surface area contributed by atoms with Crippen molar-refractivity contribution < 1.29 is 14.3 Å². The van der Waals surface area contributed by atoms with E-state index >= 15 is 0 Å². The number of aromatic carboxylic acids is 1. The van der Waals surface area contributed by atoms with Gasteiger partial charge < -0.3 is 15.7 Å². The van der Waals surface area contributed by atoms with Gasteiger partial charge >= 0.3 is 5.97 Å². The maximum Gasteiger partial charge on any atom is 0.337 e. The summed E-state index contributed by atoms with van der Waals surface area (Å²) in [5.41, 5.74) is 7.11. The van der Waals surface area contributed by atoms with Gasteiger partial charge in [-0.25, -0.2) is 9.18 Å². The average Bonchev–Trinajstić information content (AvgIpc) is 2.37. The van der Waals surface area contributed by atoms with E-state index in [4.69, 9.17) is 10.8 Å². The minimum atomic E-state index is -1.18. The van der Waals surface area contributed by atoms with Gasteiger partial charge in [0.25, 0.3) is 0 Å². The van der Waals surface area contributed by atoms with Crippen LogP contribution in [0.1, 0.15) is 21.7 Å². The van der Waals surface area contributed by atoms with Crippen LogP contribution in [-0.4, -0.2) is 23.1 Å². The Morgan fingerprint density at radius 3 is 2.76 bits per heavy atom. The molecular weight excluding hydrogens is 273 g/mol. The predicted molar refractivity (Wildman–Crippen MR) is 78.9 cm³/mol. The fraction of sp³-hybridized carbons (Fsp3) is 0.200. The number of carboxylic acid groups (broad SMARTS) is 1. The first-order valence-electron chi connectivity index (χ1n) is 6.34. The Morgan fingerprint density at radius 2 is 2.14 bits per heavy atom. The highest BCUT2D eigenvalue weighted by Gasteiger charge is 2.16. The molecule has 6 heteroatoms. The number of carbonyl (C=O) groups is 1. The standard InChI is InChI=1S/C15H16FN3O2/c1-9-4-3-5-10(18-9)8-19(2)14-6-11(15(20)21)13(17)7-12(14)16/h3-7H,8,17H2,1-2H3,(H,20,21). The number of nitrogen functional groups attached to an aromatic ring is 1. The number of nitrogens with zero attached hydrogens (tertiary/aromatic N) is 2. The lowest BCUT2D eigenvalue weighted by molar-refractivity contribution is 0.0698. The van der Waals surface area contributed by atoms with Gasteiger partial charge in [0.05, 0.1) is 23.5 Å². The molecule has 0 aliphatic rings. The van der Waals surface area contributed by atoms with Crippen LogP contribution in [-0.2, 0) is 6.54 Å². The monoisotopic (exact) mass is 289 g/mol. The third-order valence-electron chi connectivity index (χ3n) is 3.11. The van der Waals surface area contributed by atoms with Gasteiger partial charge in [-0.3, -0.25) is 4.98 Å². The lowest BCUT2D eigenvalue weighted by atomic mass is 10.1. The summed E-state index contributed by atoms with van der Waals surface area (Å²) >= 11 is 0. The van der Waals surface area contributed by atoms with E-state index in [0.29, 0.717) is 6.54 Å². The Balaban J connectivity index is 2.32. The van der Waals surface area contributed by atoms with Gasteiger partial charge in [0, 0.05) is 18.4 Å². The van der Waals surface area contributed by atoms with E-state index in [2.05, 4.69) is 4.98 Å². The van der Waals surface area contributed by atoms with Crippen LogP contribution in [0.25, 0.3) is 0 Å². The third-order valence-corrected chi connectivity index (χ3v) is 3.11. The number of aromatic nitrogens is 1. The summed E-state index contributed by atoms with van der Waals surface area (Å²) in [7, 11) is 1.67. The molecule has 1 aromatic carbocycles. The maximum atomic E-state index is 14.0. The largest absolute Gasteiger partial charge is 0.478 e. The van der Waals surface area contributed by atoms with Gasteiger partial charge in [-0.05, 0) is 31.2 Å². The molecule has 110 valence electrons. The van der Waals surface area contributed by atoms with Crippen molar-refractivity contribution in [2.24, 2.45) is 0 Å². The molecule has 0 aliphatic carbocycles. The number of carboxylic acids is 1.